The topological polar surface area (TPSA) is 49.9 Å². The summed E-state index contributed by atoms with van der Waals surface area (Å²) in [5.41, 5.74) is 2.77. The van der Waals surface area contributed by atoms with Gasteiger partial charge in [-0.3, -0.25) is 4.90 Å². The third-order valence-electron chi connectivity index (χ3n) is 5.21. The van der Waals surface area contributed by atoms with Gasteiger partial charge in [-0.2, -0.15) is 4.31 Å². The number of rotatable bonds is 3. The lowest BCUT2D eigenvalue weighted by molar-refractivity contribution is 0.0182. The van der Waals surface area contributed by atoms with Crippen LogP contribution in [0, 0.1) is 20.8 Å². The molecule has 1 saturated heterocycles. The molecule has 25 heavy (non-hydrogen) atoms. The minimum absolute atomic E-state index is 0.385. The van der Waals surface area contributed by atoms with Crippen molar-refractivity contribution in [1.82, 2.24) is 9.21 Å². The lowest BCUT2D eigenvalue weighted by Crippen LogP contribution is -2.48. The van der Waals surface area contributed by atoms with Crippen LogP contribution in [0.25, 0.3) is 0 Å². The molecule has 2 aliphatic rings. The second kappa shape index (κ2) is 7.09. The number of piperidine rings is 1. The summed E-state index contributed by atoms with van der Waals surface area (Å²) in [5.74, 6) is 0.974. The van der Waals surface area contributed by atoms with E-state index < -0.39 is 10.0 Å². The molecule has 0 aromatic heterocycles. The zero-order valence-electron chi connectivity index (χ0n) is 15.6. The molecule has 0 unspecified atom stereocenters. The van der Waals surface area contributed by atoms with Crippen LogP contribution < -0.4 is 0 Å². The Labute approximate surface area is 151 Å². The van der Waals surface area contributed by atoms with Crippen LogP contribution >= 0.6 is 0 Å². The Kier molecular flexibility index (Phi) is 5.23. The maximum Gasteiger partial charge on any atom is 0.243 e. The van der Waals surface area contributed by atoms with Gasteiger partial charge in [-0.1, -0.05) is 17.7 Å². The number of hydrogen-bond donors (Lipinski definition) is 0. The Morgan fingerprint density at radius 1 is 1.04 bits per heavy atom. The molecule has 0 bridgehead atoms. The van der Waals surface area contributed by atoms with Crippen molar-refractivity contribution in [1.29, 1.82) is 0 Å². The second-order valence-corrected chi connectivity index (χ2v) is 9.10. The van der Waals surface area contributed by atoms with E-state index in [1.54, 1.807) is 4.31 Å². The highest BCUT2D eigenvalue weighted by Crippen LogP contribution is 2.28. The average Bonchev–Trinajstić information content (AvgIpc) is 2.54. The number of ether oxygens (including phenoxy) is 1. The first-order valence-corrected chi connectivity index (χ1v) is 10.3. The van der Waals surface area contributed by atoms with Gasteiger partial charge >= 0.3 is 0 Å². The van der Waals surface area contributed by atoms with Gasteiger partial charge in [-0.25, -0.2) is 8.42 Å². The summed E-state index contributed by atoms with van der Waals surface area (Å²) < 4.78 is 33.5. The fraction of sp³-hybridized carbons (Fsp3) is 0.579. The lowest BCUT2D eigenvalue weighted by atomic mass is 10.1. The van der Waals surface area contributed by atoms with Crippen LogP contribution in [-0.4, -0.2) is 50.0 Å². The summed E-state index contributed by atoms with van der Waals surface area (Å²) in [6.07, 6.45) is 3.78. The van der Waals surface area contributed by atoms with E-state index in [-0.39, 0.29) is 0 Å². The normalized spacial score (nSPS) is 21.0. The zero-order chi connectivity index (χ0) is 18.2. The fourth-order valence-electron chi connectivity index (χ4n) is 3.95. The van der Waals surface area contributed by atoms with Gasteiger partial charge in [-0.05, 0) is 57.7 Å². The smallest absolute Gasteiger partial charge is 0.243 e. The fourth-order valence-corrected chi connectivity index (χ4v) is 5.83. The number of aryl methyl sites for hydroxylation is 3. The van der Waals surface area contributed by atoms with Crippen molar-refractivity contribution >= 4 is 10.0 Å². The Bertz CT molecular complexity index is 755. The Morgan fingerprint density at radius 2 is 1.64 bits per heavy atom. The molecule has 138 valence electrons. The van der Waals surface area contributed by atoms with E-state index in [1.807, 2.05) is 39.8 Å². The Hall–Kier alpha value is -1.37. The van der Waals surface area contributed by atoms with Gasteiger partial charge in [0.25, 0.3) is 0 Å². The highest BCUT2D eigenvalue weighted by Gasteiger charge is 2.33. The maximum atomic E-state index is 13.1. The molecule has 2 aliphatic heterocycles. The van der Waals surface area contributed by atoms with Gasteiger partial charge in [-0.15, -0.1) is 0 Å². The predicted octanol–water partition coefficient (Wildman–Crippen LogP) is 2.96. The molecule has 0 radical (unpaired) electrons. The largest absolute Gasteiger partial charge is 0.483 e. The van der Waals surface area contributed by atoms with E-state index in [4.69, 9.17) is 4.74 Å². The van der Waals surface area contributed by atoms with Gasteiger partial charge < -0.3 is 4.74 Å². The first-order valence-electron chi connectivity index (χ1n) is 8.90. The van der Waals surface area contributed by atoms with Crippen LogP contribution in [0.15, 0.2) is 28.9 Å². The number of hydrogen-bond acceptors (Lipinski definition) is 4. The highest BCUT2D eigenvalue weighted by atomic mass is 32.2. The monoisotopic (exact) mass is 364 g/mol. The molecule has 0 saturated carbocycles. The molecular formula is C19H28N2O3S. The molecule has 1 aromatic rings. The molecule has 0 spiro atoms. The van der Waals surface area contributed by atoms with Crippen LogP contribution in [0.1, 0.15) is 36.5 Å². The summed E-state index contributed by atoms with van der Waals surface area (Å²) in [4.78, 5) is 2.77. The van der Waals surface area contributed by atoms with E-state index in [0.29, 0.717) is 30.8 Å². The van der Waals surface area contributed by atoms with Crippen LogP contribution in [0.5, 0.6) is 0 Å². The molecule has 2 heterocycles. The predicted molar refractivity (Wildman–Crippen MR) is 98.8 cm³/mol. The number of nitrogens with zero attached hydrogens (tertiary/aromatic N) is 2. The van der Waals surface area contributed by atoms with Gasteiger partial charge in [0.1, 0.15) is 6.73 Å². The minimum atomic E-state index is -3.43. The Morgan fingerprint density at radius 3 is 2.16 bits per heavy atom. The van der Waals surface area contributed by atoms with Crippen molar-refractivity contribution in [2.75, 3.05) is 26.4 Å². The lowest BCUT2D eigenvalue weighted by Gasteiger charge is -2.39. The maximum absolute atomic E-state index is 13.1. The number of allylic oxidation sites excluding steroid dienone is 1. The molecule has 1 aromatic carbocycles. The summed E-state index contributed by atoms with van der Waals surface area (Å²) >= 11 is 0. The molecule has 6 heteroatoms. The van der Waals surface area contributed by atoms with Crippen molar-refractivity contribution in [3.05, 3.63) is 40.7 Å². The summed E-state index contributed by atoms with van der Waals surface area (Å²) in [7, 11) is -3.43. The van der Waals surface area contributed by atoms with E-state index in [2.05, 4.69) is 11.0 Å². The van der Waals surface area contributed by atoms with E-state index in [9.17, 15) is 8.42 Å². The van der Waals surface area contributed by atoms with E-state index in [1.165, 1.54) is 0 Å². The zero-order valence-corrected chi connectivity index (χ0v) is 16.4. The molecular weight excluding hydrogens is 336 g/mol. The number of sulfonamides is 1. The van der Waals surface area contributed by atoms with E-state index >= 15 is 0 Å². The molecule has 0 N–H and O–H groups in total. The van der Waals surface area contributed by atoms with Crippen LogP contribution in [0.4, 0.5) is 0 Å². The van der Waals surface area contributed by atoms with Crippen molar-refractivity contribution in [3.63, 3.8) is 0 Å². The summed E-state index contributed by atoms with van der Waals surface area (Å²) in [6.45, 7) is 10.4. The molecule has 0 aliphatic carbocycles. The van der Waals surface area contributed by atoms with Gasteiger partial charge in [0.15, 0.2) is 0 Å². The average molecular weight is 365 g/mol. The van der Waals surface area contributed by atoms with Crippen LogP contribution in [-0.2, 0) is 14.8 Å². The van der Waals surface area contributed by atoms with Gasteiger partial charge in [0.2, 0.25) is 10.0 Å². The van der Waals surface area contributed by atoms with Gasteiger partial charge in [0, 0.05) is 25.7 Å². The molecule has 0 amide bonds. The molecule has 0 atom stereocenters. The first-order chi connectivity index (χ1) is 11.8. The van der Waals surface area contributed by atoms with Crippen molar-refractivity contribution < 1.29 is 13.2 Å². The van der Waals surface area contributed by atoms with Crippen molar-refractivity contribution in [3.8, 4) is 0 Å². The molecule has 3 rings (SSSR count). The van der Waals surface area contributed by atoms with Crippen molar-refractivity contribution in [2.45, 2.75) is 51.5 Å². The minimum Gasteiger partial charge on any atom is -0.483 e. The Balaban J connectivity index is 1.72. The summed E-state index contributed by atoms with van der Waals surface area (Å²) in [5, 5.41) is 0. The van der Waals surface area contributed by atoms with Crippen LogP contribution in [0.2, 0.25) is 0 Å². The van der Waals surface area contributed by atoms with Gasteiger partial charge in [0.05, 0.1) is 10.7 Å². The third-order valence-corrected chi connectivity index (χ3v) is 7.42. The van der Waals surface area contributed by atoms with E-state index in [0.717, 1.165) is 41.8 Å². The summed E-state index contributed by atoms with van der Waals surface area (Å²) in [6, 6.07) is 4.29. The first kappa shape index (κ1) is 18.4. The van der Waals surface area contributed by atoms with Crippen LogP contribution in [0.3, 0.4) is 0 Å². The second-order valence-electron chi connectivity index (χ2n) is 7.22. The van der Waals surface area contributed by atoms with Crippen molar-refractivity contribution in [2.24, 2.45) is 0 Å². The standard InChI is InChI=1S/C19H28N2O3S/c1-14-11-15(2)19(16(3)12-14)25(22,23)21-9-6-18(7-10-21)20-8-5-17(4)24-13-20/h5,11-12,18H,6-10,13H2,1-4H3. The third kappa shape index (κ3) is 3.76. The number of benzene rings is 1. The SMILES string of the molecule is CC1=CCN(C2CCN(S(=O)(=O)c3c(C)cc(C)cc3C)CC2)CO1. The highest BCUT2D eigenvalue weighted by molar-refractivity contribution is 7.89. The quantitative estimate of drug-likeness (QED) is 0.827. The molecule has 5 nitrogen and oxygen atoms in total. The molecule has 1 fully saturated rings.